The van der Waals surface area contributed by atoms with Gasteiger partial charge in [-0.1, -0.05) is 72.9 Å². The molecule has 0 aromatic carbocycles. The maximum atomic E-state index is 4.64. The second-order valence-corrected chi connectivity index (χ2v) is 10.3. The summed E-state index contributed by atoms with van der Waals surface area (Å²) in [5.41, 5.74) is 2.70. The largest absolute Gasteiger partial charge is 0.316 e. The van der Waals surface area contributed by atoms with E-state index in [0.717, 1.165) is 17.6 Å². The fourth-order valence-corrected chi connectivity index (χ4v) is 4.80. The summed E-state index contributed by atoms with van der Waals surface area (Å²) in [6, 6.07) is 0.691. The van der Waals surface area contributed by atoms with E-state index in [2.05, 4.69) is 118 Å². The van der Waals surface area contributed by atoms with Crippen LogP contribution in [0.2, 0.25) is 0 Å². The molecule has 180 valence electrons. The second kappa shape index (κ2) is 12.0. The molecule has 0 aromatic rings. The zero-order valence-corrected chi connectivity index (χ0v) is 22.2. The Bertz CT molecular complexity index is 802. The second-order valence-electron chi connectivity index (χ2n) is 10.3. The molecule has 0 aromatic heterocycles. The van der Waals surface area contributed by atoms with E-state index >= 15 is 0 Å². The topological polar surface area (TPSA) is 3.24 Å². The van der Waals surface area contributed by atoms with E-state index in [4.69, 9.17) is 0 Å². The first-order valence-electron chi connectivity index (χ1n) is 12.0. The highest BCUT2D eigenvalue weighted by Gasteiger charge is 2.36. The molecule has 1 heterocycles. The molecule has 0 radical (unpaired) electrons. The van der Waals surface area contributed by atoms with Crippen molar-refractivity contribution in [2.45, 2.75) is 32.7 Å². The van der Waals surface area contributed by atoms with E-state index < -0.39 is 0 Å². The number of likely N-dealkylation sites (tertiary alicyclic amines) is 1. The van der Waals surface area contributed by atoms with Crippen LogP contribution >= 0.6 is 11.6 Å². The van der Waals surface area contributed by atoms with Gasteiger partial charge in [0.25, 0.3) is 0 Å². The molecule has 1 fully saturated rings. The smallest absolute Gasteiger partial charge is 0.105 e. The lowest BCUT2D eigenvalue weighted by molar-refractivity contribution is -0.924. The van der Waals surface area contributed by atoms with Gasteiger partial charge in [-0.15, -0.1) is 24.8 Å². The summed E-state index contributed by atoms with van der Waals surface area (Å²) in [5, 5.41) is 0. The van der Waals surface area contributed by atoms with Gasteiger partial charge in [-0.05, 0) is 27.9 Å². The molecule has 0 spiro atoms. The Balaban J connectivity index is 0.00000187. The third-order valence-corrected chi connectivity index (χ3v) is 7.36. The van der Waals surface area contributed by atoms with Crippen molar-refractivity contribution >= 4 is 11.6 Å². The minimum absolute atomic E-state index is 0.0620. The molecule has 2 atom stereocenters. The van der Waals surface area contributed by atoms with E-state index in [0.29, 0.717) is 6.04 Å². The van der Waals surface area contributed by atoms with Crippen molar-refractivity contribution in [3.63, 3.8) is 0 Å². The van der Waals surface area contributed by atoms with Crippen LogP contribution in [0.5, 0.6) is 0 Å². The molecule has 0 saturated carbocycles. The summed E-state index contributed by atoms with van der Waals surface area (Å²) in [6.07, 6.45) is 30.8. The van der Waals surface area contributed by atoms with Crippen molar-refractivity contribution in [1.82, 2.24) is 4.90 Å². The normalized spacial score (nSPS) is 33.4. The lowest BCUT2D eigenvalue weighted by Gasteiger charge is -2.45. The molecule has 2 nitrogen and oxygen atoms in total. The Morgan fingerprint density at radius 3 is 1.67 bits per heavy atom. The van der Waals surface area contributed by atoms with Crippen molar-refractivity contribution in [2.24, 2.45) is 10.8 Å². The molecule has 0 amide bonds. The Morgan fingerprint density at radius 1 is 0.879 bits per heavy atom. The number of quaternary nitrogens is 1. The van der Waals surface area contributed by atoms with Crippen LogP contribution in [-0.4, -0.2) is 62.1 Å². The average Bonchev–Trinajstić information content (AvgIpc) is 3.12. The molecule has 33 heavy (non-hydrogen) atoms. The molecule has 2 aliphatic carbocycles. The first-order chi connectivity index (χ1) is 15.7. The van der Waals surface area contributed by atoms with Crippen LogP contribution in [-0.2, 0) is 0 Å². The summed E-state index contributed by atoms with van der Waals surface area (Å²) >= 11 is 4.64. The Hall–Kier alpha value is -1.87. The fourth-order valence-electron chi connectivity index (χ4n) is 4.80. The van der Waals surface area contributed by atoms with Gasteiger partial charge in [0, 0.05) is 47.2 Å². The number of rotatable bonds is 7. The number of hydrogen-bond acceptors (Lipinski definition) is 1. The van der Waals surface area contributed by atoms with Gasteiger partial charge in [0.15, 0.2) is 0 Å². The van der Waals surface area contributed by atoms with Crippen LogP contribution in [0.3, 0.4) is 0 Å². The van der Waals surface area contributed by atoms with E-state index in [1.807, 2.05) is 12.2 Å². The van der Waals surface area contributed by atoms with Gasteiger partial charge >= 0.3 is 0 Å². The molecule has 1 aliphatic heterocycles. The quantitative estimate of drug-likeness (QED) is 0.224. The van der Waals surface area contributed by atoms with Gasteiger partial charge in [-0.2, -0.15) is 0 Å². The summed E-state index contributed by atoms with van der Waals surface area (Å²) in [6.45, 7) is 17.0. The molecule has 2 unspecified atom stereocenters. The molecule has 3 heteroatoms. The molecule has 0 bridgehead atoms. The van der Waals surface area contributed by atoms with Crippen LogP contribution in [0.4, 0.5) is 0 Å². The summed E-state index contributed by atoms with van der Waals surface area (Å²) in [4.78, 5) is 2.40. The zero-order valence-electron chi connectivity index (χ0n) is 21.4. The van der Waals surface area contributed by atoms with Gasteiger partial charge in [-0.25, -0.2) is 0 Å². The average molecular weight is 468 g/mol. The zero-order chi connectivity index (χ0) is 24.5. The van der Waals surface area contributed by atoms with Gasteiger partial charge in [-0.3, -0.25) is 0 Å². The Morgan fingerprint density at radius 2 is 1.30 bits per heavy atom. The Kier molecular flexibility index (Phi) is 9.97. The van der Waals surface area contributed by atoms with Gasteiger partial charge in [0.1, 0.15) is 13.1 Å². The van der Waals surface area contributed by atoms with Crippen molar-refractivity contribution in [1.29, 1.82) is 0 Å². The molecule has 0 N–H and O–H groups in total. The van der Waals surface area contributed by atoms with Crippen molar-refractivity contribution in [3.8, 4) is 0 Å². The van der Waals surface area contributed by atoms with Crippen LogP contribution in [0.15, 0.2) is 97.2 Å². The lowest BCUT2D eigenvalue weighted by Crippen LogP contribution is -2.57. The molecule has 1 saturated heterocycles. The highest BCUT2D eigenvalue weighted by atomic mass is 35.5. The van der Waals surface area contributed by atoms with E-state index in [1.54, 1.807) is 0 Å². The van der Waals surface area contributed by atoms with Crippen LogP contribution in [0, 0.1) is 10.8 Å². The molecule has 3 rings (SSSR count). The maximum Gasteiger partial charge on any atom is 0.105 e. The van der Waals surface area contributed by atoms with E-state index in [9.17, 15) is 0 Å². The number of alkyl halides is 1. The third kappa shape index (κ3) is 7.57. The van der Waals surface area contributed by atoms with Crippen molar-refractivity contribution in [2.75, 3.05) is 46.7 Å². The Labute approximate surface area is 208 Å². The summed E-state index contributed by atoms with van der Waals surface area (Å²) < 4.78 is 1.12. The first-order valence-corrected chi connectivity index (χ1v) is 12.8. The highest BCUT2D eigenvalue weighted by molar-refractivity contribution is 6.15. The van der Waals surface area contributed by atoms with Crippen molar-refractivity contribution in [3.05, 3.63) is 97.2 Å². The predicted octanol–water partition coefficient (Wildman–Crippen LogP) is 6.87. The van der Waals surface area contributed by atoms with Crippen LogP contribution in [0.1, 0.15) is 26.7 Å². The van der Waals surface area contributed by atoms with E-state index in [-0.39, 0.29) is 10.8 Å². The van der Waals surface area contributed by atoms with Crippen LogP contribution in [0.25, 0.3) is 0 Å². The van der Waals surface area contributed by atoms with Gasteiger partial charge in [0.05, 0.1) is 13.1 Å². The first kappa shape index (κ1) is 27.4. The number of allylic oxidation sites excluding steroid dienone is 10. The molecular weight excluding hydrogens is 424 g/mol. The SMILES string of the molecule is C=CC1(C)C=CC=C(C[N+]2(CC3=CC=CC(C)(C=C)C=C3)CCC(N(C)C)CC2)C=C1.CCl. The number of hydrogen-bond donors (Lipinski definition) is 0. The minimum Gasteiger partial charge on any atom is -0.316 e. The molecule has 3 aliphatic rings. The molecular formula is C30H44ClN2+. The van der Waals surface area contributed by atoms with E-state index in [1.165, 1.54) is 43.5 Å². The fraction of sp³-hybridized carbons (Fsp3) is 0.467. The monoisotopic (exact) mass is 467 g/mol. The van der Waals surface area contributed by atoms with Gasteiger partial charge in [0.2, 0.25) is 0 Å². The summed E-state index contributed by atoms with van der Waals surface area (Å²) in [5.74, 6) is 0. The lowest BCUT2D eigenvalue weighted by atomic mass is 9.90. The third-order valence-electron chi connectivity index (χ3n) is 7.36. The number of nitrogens with zero attached hydrogens (tertiary/aromatic N) is 2. The van der Waals surface area contributed by atoms with Gasteiger partial charge < -0.3 is 9.38 Å². The van der Waals surface area contributed by atoms with Crippen molar-refractivity contribution < 1.29 is 4.48 Å². The summed E-state index contributed by atoms with van der Waals surface area (Å²) in [7, 11) is 4.44. The number of piperidine rings is 1. The predicted molar refractivity (Wildman–Crippen MR) is 148 cm³/mol. The highest BCUT2D eigenvalue weighted by Crippen LogP contribution is 2.31. The van der Waals surface area contributed by atoms with Crippen LogP contribution < -0.4 is 0 Å². The minimum atomic E-state index is -0.0620. The number of halogens is 1. The standard InChI is InChI=1S/C29H41N2.CH3Cl/c1-7-28(3)17-9-11-25(13-19-28)23-31(21-15-27(16-22-31)30(5)6)24-26-12-10-18-29(4,8-2)20-14-26;1-2/h7-14,17-20,27H,1-2,15-16,21-24H2,3-6H3;1H3/q+1;. The maximum absolute atomic E-state index is 4.64.